The van der Waals surface area contributed by atoms with E-state index in [0.29, 0.717) is 11.7 Å². The zero-order chi connectivity index (χ0) is 9.68. The van der Waals surface area contributed by atoms with Crippen LogP contribution in [0.2, 0.25) is 0 Å². The minimum Gasteiger partial charge on any atom is -0.464 e. The molecule has 0 radical (unpaired) electrons. The van der Waals surface area contributed by atoms with E-state index in [9.17, 15) is 4.79 Å². The van der Waals surface area contributed by atoms with Crippen LogP contribution in [0, 0.1) is 0 Å². The minimum atomic E-state index is -0.382. The highest BCUT2D eigenvalue weighted by Crippen LogP contribution is 2.09. The summed E-state index contributed by atoms with van der Waals surface area (Å²) in [7, 11) is 0. The van der Waals surface area contributed by atoms with Crippen molar-refractivity contribution in [1.29, 1.82) is 0 Å². The molecule has 0 spiro atoms. The molecule has 1 aromatic heterocycles. The first-order chi connectivity index (χ1) is 6.24. The second-order valence-corrected chi connectivity index (χ2v) is 3.20. The van der Waals surface area contributed by atoms with Crippen LogP contribution in [0.4, 0.5) is 5.13 Å². The molecule has 0 saturated heterocycles. The lowest BCUT2D eigenvalue weighted by Gasteiger charge is -2.10. The van der Waals surface area contributed by atoms with Gasteiger partial charge in [-0.25, -0.2) is 4.79 Å². The van der Waals surface area contributed by atoms with E-state index in [4.69, 9.17) is 4.74 Å². The molecule has 1 unspecified atom stereocenters. The first-order valence-corrected chi connectivity index (χ1v) is 4.81. The standard InChI is InChI=1S/C7H11N3O2S/c1-3-12-6(11)5(2)9-7-10-8-4-13-7/h4-5H,3H2,1-2H3,(H,9,10). The molecule has 5 nitrogen and oxygen atoms in total. The lowest BCUT2D eigenvalue weighted by atomic mass is 10.3. The van der Waals surface area contributed by atoms with Crippen molar-refractivity contribution in [2.24, 2.45) is 0 Å². The van der Waals surface area contributed by atoms with E-state index in [0.717, 1.165) is 0 Å². The molecule has 0 aliphatic rings. The second-order valence-electron chi connectivity index (χ2n) is 2.36. The van der Waals surface area contributed by atoms with E-state index in [2.05, 4.69) is 15.5 Å². The van der Waals surface area contributed by atoms with Gasteiger partial charge in [0, 0.05) is 0 Å². The van der Waals surface area contributed by atoms with Crippen molar-refractivity contribution in [3.05, 3.63) is 5.51 Å². The van der Waals surface area contributed by atoms with Crippen molar-refractivity contribution >= 4 is 22.4 Å². The van der Waals surface area contributed by atoms with Crippen LogP contribution >= 0.6 is 11.3 Å². The molecule has 1 N–H and O–H groups in total. The van der Waals surface area contributed by atoms with Crippen LogP contribution in [0.15, 0.2) is 5.51 Å². The number of nitrogens with zero attached hydrogens (tertiary/aromatic N) is 2. The monoisotopic (exact) mass is 201 g/mol. The van der Waals surface area contributed by atoms with Gasteiger partial charge in [0.15, 0.2) is 0 Å². The number of rotatable bonds is 4. The average molecular weight is 201 g/mol. The number of hydrogen-bond donors (Lipinski definition) is 1. The number of carbonyl (C=O) groups is 1. The van der Waals surface area contributed by atoms with Crippen molar-refractivity contribution in [2.45, 2.75) is 19.9 Å². The highest BCUT2D eigenvalue weighted by molar-refractivity contribution is 7.13. The fraction of sp³-hybridized carbons (Fsp3) is 0.571. The third kappa shape index (κ3) is 2.98. The summed E-state index contributed by atoms with van der Waals surface area (Å²) in [6.45, 7) is 3.88. The first kappa shape index (κ1) is 9.91. The molecule has 6 heteroatoms. The van der Waals surface area contributed by atoms with Gasteiger partial charge in [-0.3, -0.25) is 0 Å². The van der Waals surface area contributed by atoms with Crippen molar-refractivity contribution in [3.63, 3.8) is 0 Å². The topological polar surface area (TPSA) is 64.1 Å². The number of aromatic nitrogens is 2. The Hall–Kier alpha value is -1.17. The van der Waals surface area contributed by atoms with E-state index < -0.39 is 0 Å². The zero-order valence-electron chi connectivity index (χ0n) is 7.48. The van der Waals surface area contributed by atoms with Crippen LogP contribution in [-0.2, 0) is 9.53 Å². The Labute approximate surface area is 80.1 Å². The van der Waals surface area contributed by atoms with E-state index in [1.807, 2.05) is 0 Å². The van der Waals surface area contributed by atoms with Gasteiger partial charge in [0.1, 0.15) is 11.6 Å². The van der Waals surface area contributed by atoms with Crippen LogP contribution < -0.4 is 5.32 Å². The van der Waals surface area contributed by atoms with Crippen LogP contribution in [0.25, 0.3) is 0 Å². The Morgan fingerprint density at radius 1 is 1.85 bits per heavy atom. The predicted octanol–water partition coefficient (Wildman–Crippen LogP) is 0.902. The molecule has 0 aliphatic heterocycles. The Balaban J connectivity index is 2.41. The van der Waals surface area contributed by atoms with Crippen LogP contribution in [0.1, 0.15) is 13.8 Å². The quantitative estimate of drug-likeness (QED) is 0.733. The molecule has 0 saturated carbocycles. The second kappa shape index (κ2) is 4.76. The molecule has 0 bridgehead atoms. The molecule has 1 heterocycles. The SMILES string of the molecule is CCOC(=O)C(C)Nc1nncs1. The van der Waals surface area contributed by atoms with Gasteiger partial charge in [-0.05, 0) is 13.8 Å². The summed E-state index contributed by atoms with van der Waals surface area (Å²) in [5, 5.41) is 10.9. The van der Waals surface area contributed by atoms with Crippen LogP contribution in [0.3, 0.4) is 0 Å². The molecule has 0 aliphatic carbocycles. The molecule has 1 rings (SSSR count). The first-order valence-electron chi connectivity index (χ1n) is 3.93. The zero-order valence-corrected chi connectivity index (χ0v) is 8.30. The largest absolute Gasteiger partial charge is 0.464 e. The maximum absolute atomic E-state index is 11.1. The Morgan fingerprint density at radius 3 is 3.15 bits per heavy atom. The number of carbonyl (C=O) groups excluding carboxylic acids is 1. The Bertz CT molecular complexity index is 263. The number of ether oxygens (including phenoxy) is 1. The number of esters is 1. The van der Waals surface area contributed by atoms with E-state index in [1.165, 1.54) is 11.3 Å². The summed E-state index contributed by atoms with van der Waals surface area (Å²) in [5.41, 5.74) is 1.60. The van der Waals surface area contributed by atoms with Gasteiger partial charge in [0.2, 0.25) is 5.13 Å². The van der Waals surface area contributed by atoms with Crippen molar-refractivity contribution in [2.75, 3.05) is 11.9 Å². The average Bonchev–Trinajstić information content (AvgIpc) is 2.57. The summed E-state index contributed by atoms with van der Waals surface area (Å²) in [4.78, 5) is 11.1. The maximum Gasteiger partial charge on any atom is 0.328 e. The minimum absolute atomic E-state index is 0.280. The van der Waals surface area contributed by atoms with E-state index >= 15 is 0 Å². The third-order valence-electron chi connectivity index (χ3n) is 1.34. The number of nitrogens with one attached hydrogen (secondary N) is 1. The van der Waals surface area contributed by atoms with Crippen LogP contribution in [-0.4, -0.2) is 28.8 Å². The summed E-state index contributed by atoms with van der Waals surface area (Å²) in [6, 6.07) is -0.382. The van der Waals surface area contributed by atoms with Gasteiger partial charge in [-0.2, -0.15) is 0 Å². The van der Waals surface area contributed by atoms with Crippen molar-refractivity contribution in [1.82, 2.24) is 10.2 Å². The lowest BCUT2D eigenvalue weighted by Crippen LogP contribution is -2.28. The van der Waals surface area contributed by atoms with Gasteiger partial charge in [-0.15, -0.1) is 10.2 Å². The molecule has 13 heavy (non-hydrogen) atoms. The normalized spacial score (nSPS) is 12.2. The van der Waals surface area contributed by atoms with Gasteiger partial charge in [-0.1, -0.05) is 11.3 Å². The van der Waals surface area contributed by atoms with Gasteiger partial charge >= 0.3 is 5.97 Å². The molecular weight excluding hydrogens is 190 g/mol. The van der Waals surface area contributed by atoms with E-state index in [1.54, 1.807) is 19.4 Å². The number of anilines is 1. The summed E-state index contributed by atoms with van der Waals surface area (Å²) in [5.74, 6) is -0.280. The maximum atomic E-state index is 11.1. The number of hydrogen-bond acceptors (Lipinski definition) is 6. The Kier molecular flexibility index (Phi) is 3.63. The molecule has 0 fully saturated rings. The highest BCUT2D eigenvalue weighted by Gasteiger charge is 2.14. The lowest BCUT2D eigenvalue weighted by molar-refractivity contribution is -0.143. The summed E-state index contributed by atoms with van der Waals surface area (Å²) < 4.78 is 4.81. The molecule has 0 amide bonds. The molecule has 72 valence electrons. The van der Waals surface area contributed by atoms with Gasteiger partial charge in [0.05, 0.1) is 6.61 Å². The fourth-order valence-electron chi connectivity index (χ4n) is 0.747. The van der Waals surface area contributed by atoms with E-state index in [-0.39, 0.29) is 12.0 Å². The smallest absolute Gasteiger partial charge is 0.328 e. The van der Waals surface area contributed by atoms with Crippen molar-refractivity contribution < 1.29 is 9.53 Å². The molecule has 1 aromatic rings. The predicted molar refractivity (Wildman–Crippen MR) is 49.6 cm³/mol. The molecule has 0 aromatic carbocycles. The molecule has 1 atom stereocenters. The highest BCUT2D eigenvalue weighted by atomic mass is 32.1. The fourth-order valence-corrected chi connectivity index (χ4v) is 1.28. The van der Waals surface area contributed by atoms with Crippen molar-refractivity contribution in [3.8, 4) is 0 Å². The van der Waals surface area contributed by atoms with Gasteiger partial charge in [0.25, 0.3) is 0 Å². The molecular formula is C7H11N3O2S. The summed E-state index contributed by atoms with van der Waals surface area (Å²) in [6.07, 6.45) is 0. The Morgan fingerprint density at radius 2 is 2.62 bits per heavy atom. The van der Waals surface area contributed by atoms with Crippen LogP contribution in [0.5, 0.6) is 0 Å². The third-order valence-corrected chi connectivity index (χ3v) is 1.96. The summed E-state index contributed by atoms with van der Waals surface area (Å²) >= 11 is 1.35. The van der Waals surface area contributed by atoms with Gasteiger partial charge < -0.3 is 10.1 Å².